The lowest BCUT2D eigenvalue weighted by Gasteiger charge is -2.12. The molecule has 2 rings (SSSR count). The highest BCUT2D eigenvalue weighted by molar-refractivity contribution is 7.99. The third-order valence-electron chi connectivity index (χ3n) is 3.88. The van der Waals surface area contributed by atoms with E-state index in [1.807, 2.05) is 0 Å². The van der Waals surface area contributed by atoms with Crippen molar-refractivity contribution in [2.75, 3.05) is 24.2 Å². The van der Waals surface area contributed by atoms with Crippen LogP contribution in [0.4, 0.5) is 14.6 Å². The van der Waals surface area contributed by atoms with E-state index in [0.717, 1.165) is 13.1 Å². The fourth-order valence-corrected chi connectivity index (χ4v) is 3.32. The maximum Gasteiger partial charge on any atom is 0.272 e. The molecule has 0 aliphatic heterocycles. The molecule has 30 heavy (non-hydrogen) atoms. The molecule has 1 aromatic carbocycles. The highest BCUT2D eigenvalue weighted by atomic mass is 32.2. The second-order valence-electron chi connectivity index (χ2n) is 6.61. The summed E-state index contributed by atoms with van der Waals surface area (Å²) in [5, 5.41) is 22.9. The molecule has 0 saturated heterocycles. The topological polar surface area (TPSA) is 98.1 Å². The fourth-order valence-electron chi connectivity index (χ4n) is 2.44. The zero-order valence-corrected chi connectivity index (χ0v) is 17.5. The molecule has 0 unspecified atom stereocenters. The second-order valence-corrected chi connectivity index (χ2v) is 7.62. The third-order valence-corrected chi connectivity index (χ3v) is 4.98. The van der Waals surface area contributed by atoms with Crippen LogP contribution in [0.2, 0.25) is 0 Å². The van der Waals surface area contributed by atoms with Crippen molar-refractivity contribution >= 4 is 29.2 Å². The molecule has 0 aliphatic carbocycles. The minimum atomic E-state index is -2.93. The molecule has 0 fully saturated rings. The van der Waals surface area contributed by atoms with Crippen LogP contribution < -0.4 is 10.6 Å². The van der Waals surface area contributed by atoms with Crippen molar-refractivity contribution in [3.05, 3.63) is 65.6 Å². The molecule has 1 heterocycles. The number of alkyl halides is 2. The van der Waals surface area contributed by atoms with Crippen LogP contribution in [-0.2, 0) is 5.92 Å². The molecule has 9 heteroatoms. The number of nitrogens with zero attached hydrogens (tertiary/aromatic N) is 1. The largest absolute Gasteiger partial charge is 0.511 e. The van der Waals surface area contributed by atoms with Crippen molar-refractivity contribution in [3.63, 3.8) is 0 Å². The van der Waals surface area contributed by atoms with E-state index in [2.05, 4.69) is 15.6 Å². The van der Waals surface area contributed by atoms with Gasteiger partial charge in [0.05, 0.1) is 11.3 Å². The lowest BCUT2D eigenvalue weighted by atomic mass is 10.2. The van der Waals surface area contributed by atoms with Crippen molar-refractivity contribution in [1.29, 1.82) is 5.41 Å². The highest BCUT2D eigenvalue weighted by Crippen LogP contribution is 2.26. The molecule has 0 spiro atoms. The fraction of sp³-hybridized carbons (Fsp3) is 0.286. The molecule has 2 aromatic rings. The van der Waals surface area contributed by atoms with Crippen LogP contribution in [0.15, 0.2) is 59.3 Å². The molecular formula is C21H24F2N4O2S. The number of halogens is 2. The number of hydrogen-bond acceptors (Lipinski definition) is 6. The van der Waals surface area contributed by atoms with Gasteiger partial charge in [0.1, 0.15) is 11.6 Å². The molecular weight excluding hydrogens is 410 g/mol. The number of thioether (sulfide) groups is 1. The van der Waals surface area contributed by atoms with Crippen LogP contribution in [0.25, 0.3) is 0 Å². The number of aliphatic hydroxyl groups is 1. The third kappa shape index (κ3) is 7.47. The maximum absolute atomic E-state index is 13.2. The van der Waals surface area contributed by atoms with Crippen LogP contribution in [0, 0.1) is 5.41 Å². The molecule has 4 N–H and O–H groups in total. The Kier molecular flexibility index (Phi) is 8.35. The minimum absolute atomic E-state index is 0.0614. The van der Waals surface area contributed by atoms with Gasteiger partial charge in [-0.15, -0.1) is 11.8 Å². The Bertz CT molecular complexity index is 912. The Morgan fingerprint density at radius 1 is 1.27 bits per heavy atom. The Hall–Kier alpha value is -2.94. The first kappa shape index (κ1) is 23.3. The smallest absolute Gasteiger partial charge is 0.272 e. The Labute approximate surface area is 178 Å². The zero-order chi connectivity index (χ0) is 22.1. The first-order chi connectivity index (χ1) is 14.2. The molecule has 0 saturated carbocycles. The van der Waals surface area contributed by atoms with Crippen LogP contribution in [0.1, 0.15) is 29.8 Å². The van der Waals surface area contributed by atoms with E-state index in [1.165, 1.54) is 30.0 Å². The summed E-state index contributed by atoms with van der Waals surface area (Å²) < 4.78 is 26.4. The molecule has 1 aromatic heterocycles. The van der Waals surface area contributed by atoms with Gasteiger partial charge in [-0.2, -0.15) is 0 Å². The number of hydrogen-bond donors (Lipinski definition) is 4. The summed E-state index contributed by atoms with van der Waals surface area (Å²) in [6.45, 7) is 3.07. The number of aliphatic hydroxyl groups excluding tert-OH is 1. The molecule has 0 bridgehead atoms. The number of carbonyl (C=O) groups excluding carboxylic acids is 1. The monoisotopic (exact) mass is 434 g/mol. The summed E-state index contributed by atoms with van der Waals surface area (Å²) in [6.07, 6.45) is 2.49. The Balaban J connectivity index is 1.86. The lowest BCUT2D eigenvalue weighted by molar-refractivity contribution is 0.0171. The van der Waals surface area contributed by atoms with Gasteiger partial charge >= 0.3 is 0 Å². The molecule has 6 nitrogen and oxygen atoms in total. The zero-order valence-electron chi connectivity index (χ0n) is 16.7. The van der Waals surface area contributed by atoms with Crippen LogP contribution in [0.5, 0.6) is 0 Å². The summed E-state index contributed by atoms with van der Waals surface area (Å²) in [6, 6.07) is 9.82. The molecule has 0 atom stereocenters. The van der Waals surface area contributed by atoms with Crippen molar-refractivity contribution in [2.45, 2.75) is 24.7 Å². The van der Waals surface area contributed by atoms with Crippen LogP contribution in [0.3, 0.4) is 0 Å². The van der Waals surface area contributed by atoms with E-state index < -0.39 is 5.92 Å². The summed E-state index contributed by atoms with van der Waals surface area (Å²) >= 11 is 1.30. The number of aromatic nitrogens is 1. The number of anilines is 1. The first-order valence-electron chi connectivity index (χ1n) is 9.20. The van der Waals surface area contributed by atoms with Crippen molar-refractivity contribution in [2.24, 2.45) is 0 Å². The lowest BCUT2D eigenvalue weighted by Crippen LogP contribution is -2.29. The van der Waals surface area contributed by atoms with Gasteiger partial charge in [-0.25, -0.2) is 13.8 Å². The highest BCUT2D eigenvalue weighted by Gasteiger charge is 2.24. The molecule has 160 valence electrons. The summed E-state index contributed by atoms with van der Waals surface area (Å²) in [7, 11) is 0. The van der Waals surface area contributed by atoms with Gasteiger partial charge in [0.25, 0.3) is 11.8 Å². The summed E-state index contributed by atoms with van der Waals surface area (Å²) in [5.74, 6) is -2.44. The number of rotatable bonds is 10. The van der Waals surface area contributed by atoms with E-state index in [-0.39, 0.29) is 28.7 Å². The number of benzene rings is 1. The number of amides is 1. The van der Waals surface area contributed by atoms with E-state index in [1.54, 1.807) is 31.2 Å². The molecule has 0 aliphatic rings. The van der Waals surface area contributed by atoms with E-state index in [9.17, 15) is 18.7 Å². The van der Waals surface area contributed by atoms with Crippen LogP contribution >= 0.6 is 11.8 Å². The second kappa shape index (κ2) is 10.7. The maximum atomic E-state index is 13.2. The van der Waals surface area contributed by atoms with Crippen LogP contribution in [-0.4, -0.2) is 40.6 Å². The van der Waals surface area contributed by atoms with E-state index in [4.69, 9.17) is 5.41 Å². The first-order valence-corrected chi connectivity index (χ1v) is 10.2. The van der Waals surface area contributed by atoms with Crippen molar-refractivity contribution in [1.82, 2.24) is 10.3 Å². The molecule has 0 radical (unpaired) electrons. The SMILES string of the molecule is CC(=N)/C=C(\O)CSc1ccccc1C(=O)NCCNc1ccc(C(C)(F)F)cn1. The van der Waals surface area contributed by atoms with Gasteiger partial charge in [-0.3, -0.25) is 4.79 Å². The van der Waals surface area contributed by atoms with E-state index in [0.29, 0.717) is 29.4 Å². The average molecular weight is 435 g/mol. The van der Waals surface area contributed by atoms with Gasteiger partial charge in [0, 0.05) is 42.4 Å². The average Bonchev–Trinajstić information content (AvgIpc) is 2.69. The number of nitrogens with one attached hydrogen (secondary N) is 3. The number of carbonyl (C=O) groups is 1. The Morgan fingerprint density at radius 2 is 2.00 bits per heavy atom. The van der Waals surface area contributed by atoms with Crippen molar-refractivity contribution in [3.8, 4) is 0 Å². The minimum Gasteiger partial charge on any atom is -0.511 e. The summed E-state index contributed by atoms with van der Waals surface area (Å²) in [4.78, 5) is 17.1. The summed E-state index contributed by atoms with van der Waals surface area (Å²) in [5.41, 5.74) is 0.570. The standard InChI is InChI=1S/C21H24F2N4O2S/c1-14(24)11-16(28)13-30-18-6-4-3-5-17(18)20(29)26-10-9-25-19-8-7-15(12-27-19)21(2,22)23/h3-8,11-12,24,28H,9-10,13H2,1-2H3,(H,25,27)(H,26,29)/b16-11-,24-14?. The Morgan fingerprint density at radius 3 is 2.63 bits per heavy atom. The normalized spacial score (nSPS) is 11.8. The van der Waals surface area contributed by atoms with Gasteiger partial charge in [0.15, 0.2) is 0 Å². The number of allylic oxidation sites excluding steroid dienone is 1. The van der Waals surface area contributed by atoms with Gasteiger partial charge in [-0.1, -0.05) is 12.1 Å². The number of pyridine rings is 1. The van der Waals surface area contributed by atoms with Gasteiger partial charge in [0.2, 0.25) is 0 Å². The van der Waals surface area contributed by atoms with Crippen molar-refractivity contribution < 1.29 is 18.7 Å². The predicted molar refractivity (Wildman–Crippen MR) is 116 cm³/mol. The molecule has 1 amide bonds. The predicted octanol–water partition coefficient (Wildman–Crippen LogP) is 4.61. The quantitative estimate of drug-likeness (QED) is 0.189. The van der Waals surface area contributed by atoms with Gasteiger partial charge in [-0.05, 0) is 37.3 Å². The van der Waals surface area contributed by atoms with E-state index >= 15 is 0 Å². The van der Waals surface area contributed by atoms with Gasteiger partial charge < -0.3 is 21.1 Å².